The summed E-state index contributed by atoms with van der Waals surface area (Å²) in [4.78, 5) is 22.8. The maximum absolute atomic E-state index is 12.0. The number of amides is 1. The van der Waals surface area contributed by atoms with Crippen LogP contribution in [0.3, 0.4) is 0 Å². The van der Waals surface area contributed by atoms with Crippen LogP contribution in [0.5, 0.6) is 11.6 Å². The predicted octanol–water partition coefficient (Wildman–Crippen LogP) is 2.36. The van der Waals surface area contributed by atoms with E-state index in [4.69, 9.17) is 10.5 Å². The summed E-state index contributed by atoms with van der Waals surface area (Å²) in [7, 11) is 0. The summed E-state index contributed by atoms with van der Waals surface area (Å²) in [6, 6.07) is 10.9. The molecule has 1 aromatic carbocycles. The molecule has 1 amide bonds. The second-order valence-electron chi connectivity index (χ2n) is 6.46. The predicted molar refractivity (Wildman–Crippen MR) is 89.7 cm³/mol. The Kier molecular flexibility index (Phi) is 3.80. The molecule has 24 heavy (non-hydrogen) atoms. The molecule has 6 nitrogen and oxygen atoms in total. The molecule has 2 aromatic rings. The van der Waals surface area contributed by atoms with Crippen LogP contribution in [-0.2, 0) is 4.79 Å². The van der Waals surface area contributed by atoms with Gasteiger partial charge in [0, 0.05) is 18.8 Å². The molecule has 0 radical (unpaired) electrons. The standard InChI is InChI=1S/C18H20N4O2/c19-17(23)16-14-8-4-5-12(14)11-22(16)18-20-10-9-15(21-18)24-13-6-2-1-3-7-13/h1-3,6-7,9-10,12,14,16H,4-5,8,11H2,(H2,19,23)/t12-,14-,16-/m0/s1. The van der Waals surface area contributed by atoms with E-state index in [1.54, 1.807) is 12.3 Å². The summed E-state index contributed by atoms with van der Waals surface area (Å²) in [5.74, 6) is 2.23. The first kappa shape index (κ1) is 14.9. The Morgan fingerprint density at radius 1 is 1.21 bits per heavy atom. The van der Waals surface area contributed by atoms with E-state index in [1.807, 2.05) is 35.2 Å². The molecule has 1 saturated carbocycles. The molecule has 0 unspecified atom stereocenters. The summed E-state index contributed by atoms with van der Waals surface area (Å²) in [6.07, 6.45) is 5.03. The van der Waals surface area contributed by atoms with E-state index in [2.05, 4.69) is 9.97 Å². The molecule has 2 N–H and O–H groups in total. The highest BCUT2D eigenvalue weighted by atomic mass is 16.5. The third kappa shape index (κ3) is 2.68. The topological polar surface area (TPSA) is 81.3 Å². The van der Waals surface area contributed by atoms with Crippen molar-refractivity contribution in [2.24, 2.45) is 17.6 Å². The van der Waals surface area contributed by atoms with Crippen molar-refractivity contribution >= 4 is 11.9 Å². The number of hydrogen-bond acceptors (Lipinski definition) is 5. The van der Waals surface area contributed by atoms with Crippen LogP contribution in [0.25, 0.3) is 0 Å². The van der Waals surface area contributed by atoms with Gasteiger partial charge in [0.15, 0.2) is 0 Å². The van der Waals surface area contributed by atoms with Gasteiger partial charge in [-0.1, -0.05) is 24.6 Å². The van der Waals surface area contributed by atoms with Crippen molar-refractivity contribution in [1.29, 1.82) is 0 Å². The Hall–Kier alpha value is -2.63. The van der Waals surface area contributed by atoms with Gasteiger partial charge >= 0.3 is 0 Å². The van der Waals surface area contributed by atoms with Crippen molar-refractivity contribution in [3.05, 3.63) is 42.6 Å². The average Bonchev–Trinajstić information content (AvgIpc) is 3.16. The number of benzene rings is 1. The van der Waals surface area contributed by atoms with E-state index in [1.165, 1.54) is 6.42 Å². The monoisotopic (exact) mass is 324 g/mol. The SMILES string of the molecule is NC(=O)[C@@H]1[C@H]2CCC[C@H]2CN1c1nccc(Oc2ccccc2)n1. The lowest BCUT2D eigenvalue weighted by Crippen LogP contribution is -2.44. The van der Waals surface area contributed by atoms with Gasteiger partial charge in [-0.15, -0.1) is 0 Å². The molecule has 1 aliphatic heterocycles. The second kappa shape index (κ2) is 6.11. The van der Waals surface area contributed by atoms with Crippen LogP contribution in [0, 0.1) is 11.8 Å². The number of hydrogen-bond donors (Lipinski definition) is 1. The fraction of sp³-hybridized carbons (Fsp3) is 0.389. The van der Waals surface area contributed by atoms with E-state index in [9.17, 15) is 4.79 Å². The summed E-state index contributed by atoms with van der Waals surface area (Å²) in [5, 5.41) is 0. The normalized spacial score (nSPS) is 25.5. The fourth-order valence-electron chi connectivity index (χ4n) is 4.01. The van der Waals surface area contributed by atoms with Crippen LogP contribution in [0.1, 0.15) is 19.3 Å². The molecule has 1 saturated heterocycles. The molecule has 2 aliphatic rings. The molecule has 4 rings (SSSR count). The lowest BCUT2D eigenvalue weighted by atomic mass is 9.94. The van der Waals surface area contributed by atoms with Crippen molar-refractivity contribution in [2.45, 2.75) is 25.3 Å². The number of nitrogens with zero attached hydrogens (tertiary/aromatic N) is 3. The van der Waals surface area contributed by atoms with Crippen molar-refractivity contribution in [3.8, 4) is 11.6 Å². The number of fused-ring (bicyclic) bond motifs is 1. The second-order valence-corrected chi connectivity index (χ2v) is 6.46. The molecule has 2 heterocycles. The van der Waals surface area contributed by atoms with E-state index in [0.717, 1.165) is 19.4 Å². The average molecular weight is 324 g/mol. The lowest BCUT2D eigenvalue weighted by molar-refractivity contribution is -0.120. The summed E-state index contributed by atoms with van der Waals surface area (Å²) in [6.45, 7) is 0.785. The molecule has 2 fully saturated rings. The van der Waals surface area contributed by atoms with Crippen LogP contribution in [-0.4, -0.2) is 28.5 Å². The quantitative estimate of drug-likeness (QED) is 0.933. The smallest absolute Gasteiger partial charge is 0.240 e. The maximum Gasteiger partial charge on any atom is 0.240 e. The van der Waals surface area contributed by atoms with Gasteiger partial charge in [-0.05, 0) is 36.8 Å². The van der Waals surface area contributed by atoms with Gasteiger partial charge in [-0.3, -0.25) is 4.79 Å². The molecule has 1 aromatic heterocycles. The van der Waals surface area contributed by atoms with Crippen molar-refractivity contribution in [1.82, 2.24) is 9.97 Å². The number of rotatable bonds is 4. The van der Waals surface area contributed by atoms with Gasteiger partial charge < -0.3 is 15.4 Å². The minimum absolute atomic E-state index is 0.289. The first-order chi connectivity index (χ1) is 11.7. The molecule has 6 heteroatoms. The van der Waals surface area contributed by atoms with Gasteiger partial charge in [0.05, 0.1) is 0 Å². The third-order valence-corrected chi connectivity index (χ3v) is 5.02. The number of anilines is 1. The van der Waals surface area contributed by atoms with Gasteiger partial charge in [-0.25, -0.2) is 4.98 Å². The lowest BCUT2D eigenvalue weighted by Gasteiger charge is -2.25. The van der Waals surface area contributed by atoms with Gasteiger partial charge in [0.25, 0.3) is 0 Å². The molecular weight excluding hydrogens is 304 g/mol. The van der Waals surface area contributed by atoms with Crippen LogP contribution < -0.4 is 15.4 Å². The van der Waals surface area contributed by atoms with E-state index in [0.29, 0.717) is 29.4 Å². The van der Waals surface area contributed by atoms with Gasteiger partial charge in [0.2, 0.25) is 17.7 Å². The fourth-order valence-corrected chi connectivity index (χ4v) is 4.01. The van der Waals surface area contributed by atoms with Gasteiger partial charge in [-0.2, -0.15) is 4.98 Å². The zero-order valence-electron chi connectivity index (χ0n) is 13.3. The van der Waals surface area contributed by atoms with Crippen molar-refractivity contribution < 1.29 is 9.53 Å². The number of para-hydroxylation sites is 1. The number of primary amides is 1. The Morgan fingerprint density at radius 2 is 2.04 bits per heavy atom. The Balaban J connectivity index is 1.60. The summed E-state index contributed by atoms with van der Waals surface area (Å²) >= 11 is 0. The number of ether oxygens (including phenoxy) is 1. The van der Waals surface area contributed by atoms with Crippen LogP contribution in [0.2, 0.25) is 0 Å². The van der Waals surface area contributed by atoms with E-state index >= 15 is 0 Å². The highest BCUT2D eigenvalue weighted by Gasteiger charge is 2.47. The minimum Gasteiger partial charge on any atom is -0.439 e. The third-order valence-electron chi connectivity index (χ3n) is 5.02. The van der Waals surface area contributed by atoms with Crippen LogP contribution in [0.4, 0.5) is 5.95 Å². The number of carbonyl (C=O) groups excluding carboxylic acids is 1. The van der Waals surface area contributed by atoms with Crippen molar-refractivity contribution in [3.63, 3.8) is 0 Å². The Morgan fingerprint density at radius 3 is 2.83 bits per heavy atom. The highest BCUT2D eigenvalue weighted by molar-refractivity contribution is 5.84. The Bertz CT molecular complexity index is 737. The van der Waals surface area contributed by atoms with Crippen LogP contribution in [0.15, 0.2) is 42.6 Å². The molecule has 3 atom stereocenters. The molecule has 0 spiro atoms. The highest BCUT2D eigenvalue weighted by Crippen LogP contribution is 2.43. The first-order valence-electron chi connectivity index (χ1n) is 8.34. The zero-order valence-corrected chi connectivity index (χ0v) is 13.3. The number of nitrogens with two attached hydrogens (primary N) is 1. The molecular formula is C18H20N4O2. The maximum atomic E-state index is 12.0. The summed E-state index contributed by atoms with van der Waals surface area (Å²) in [5.41, 5.74) is 5.68. The first-order valence-corrected chi connectivity index (χ1v) is 8.34. The molecule has 0 bridgehead atoms. The van der Waals surface area contributed by atoms with Crippen molar-refractivity contribution in [2.75, 3.05) is 11.4 Å². The zero-order chi connectivity index (χ0) is 16.5. The van der Waals surface area contributed by atoms with E-state index in [-0.39, 0.29) is 11.9 Å². The largest absolute Gasteiger partial charge is 0.439 e. The number of aromatic nitrogens is 2. The molecule has 1 aliphatic carbocycles. The summed E-state index contributed by atoms with van der Waals surface area (Å²) < 4.78 is 5.77. The molecule has 124 valence electrons. The van der Waals surface area contributed by atoms with Gasteiger partial charge in [0.1, 0.15) is 11.8 Å². The van der Waals surface area contributed by atoms with E-state index < -0.39 is 0 Å². The van der Waals surface area contributed by atoms with Crippen LogP contribution >= 0.6 is 0 Å². The number of carbonyl (C=O) groups is 1. The Labute approximate surface area is 140 Å². The minimum atomic E-state index is -0.315.